The highest BCUT2D eigenvalue weighted by Crippen LogP contribution is 2.32. The van der Waals surface area contributed by atoms with Crippen LogP contribution in [-0.2, 0) is 4.74 Å². The molecule has 1 saturated carbocycles. The third kappa shape index (κ3) is 3.44. The molecule has 2 aliphatic rings. The standard InChI is InChI=1S/C15H26N4O2/c1-4-20-13-7-12(8-13)9-19-6-5-18(3)14(10-19)15-16-11(2)17-21-15/h12-14H,4-10H2,1-3H3. The van der Waals surface area contributed by atoms with Crippen molar-refractivity contribution in [2.75, 3.05) is 39.8 Å². The van der Waals surface area contributed by atoms with E-state index in [1.165, 1.54) is 19.4 Å². The van der Waals surface area contributed by atoms with Gasteiger partial charge in [-0.1, -0.05) is 5.16 Å². The van der Waals surface area contributed by atoms with Gasteiger partial charge in [0.2, 0.25) is 5.89 Å². The highest BCUT2D eigenvalue weighted by Gasteiger charge is 2.34. The summed E-state index contributed by atoms with van der Waals surface area (Å²) in [6.07, 6.45) is 2.93. The van der Waals surface area contributed by atoms with E-state index < -0.39 is 0 Å². The van der Waals surface area contributed by atoms with Gasteiger partial charge < -0.3 is 9.26 Å². The zero-order chi connectivity index (χ0) is 14.8. The smallest absolute Gasteiger partial charge is 0.245 e. The van der Waals surface area contributed by atoms with E-state index in [9.17, 15) is 0 Å². The van der Waals surface area contributed by atoms with Crippen LogP contribution in [0.25, 0.3) is 0 Å². The molecule has 21 heavy (non-hydrogen) atoms. The van der Waals surface area contributed by atoms with E-state index in [-0.39, 0.29) is 6.04 Å². The molecule has 0 spiro atoms. The number of ether oxygens (including phenoxy) is 1. The minimum Gasteiger partial charge on any atom is -0.378 e. The molecule has 118 valence electrons. The minimum absolute atomic E-state index is 0.225. The molecule has 1 aromatic heterocycles. The second kappa shape index (κ2) is 6.42. The zero-order valence-corrected chi connectivity index (χ0v) is 13.3. The Hall–Kier alpha value is -0.980. The van der Waals surface area contributed by atoms with Crippen molar-refractivity contribution in [1.29, 1.82) is 0 Å². The molecule has 0 aromatic carbocycles. The molecule has 1 saturated heterocycles. The lowest BCUT2D eigenvalue weighted by atomic mass is 9.81. The number of aryl methyl sites for hydroxylation is 1. The van der Waals surface area contributed by atoms with Crippen LogP contribution in [0.15, 0.2) is 4.52 Å². The molecule has 0 amide bonds. The fourth-order valence-corrected chi connectivity index (χ4v) is 3.37. The highest BCUT2D eigenvalue weighted by atomic mass is 16.5. The van der Waals surface area contributed by atoms with E-state index in [0.29, 0.717) is 11.9 Å². The van der Waals surface area contributed by atoms with Gasteiger partial charge in [0.05, 0.1) is 6.10 Å². The second-order valence-corrected chi connectivity index (χ2v) is 6.35. The summed E-state index contributed by atoms with van der Waals surface area (Å²) in [5.41, 5.74) is 0. The van der Waals surface area contributed by atoms with Crippen molar-refractivity contribution in [2.24, 2.45) is 5.92 Å². The second-order valence-electron chi connectivity index (χ2n) is 6.35. The van der Waals surface area contributed by atoms with Crippen LogP contribution in [0.5, 0.6) is 0 Å². The van der Waals surface area contributed by atoms with Crippen molar-refractivity contribution in [3.05, 3.63) is 11.7 Å². The molecule has 6 heteroatoms. The highest BCUT2D eigenvalue weighted by molar-refractivity contribution is 4.96. The summed E-state index contributed by atoms with van der Waals surface area (Å²) in [6.45, 7) is 9.10. The first kappa shape index (κ1) is 14.9. The van der Waals surface area contributed by atoms with Gasteiger partial charge in [-0.3, -0.25) is 9.80 Å². The number of hydrogen-bond acceptors (Lipinski definition) is 6. The number of likely N-dealkylation sites (N-methyl/N-ethyl adjacent to an activating group) is 1. The van der Waals surface area contributed by atoms with Crippen molar-refractivity contribution in [3.8, 4) is 0 Å². The van der Waals surface area contributed by atoms with Gasteiger partial charge in [-0.25, -0.2) is 0 Å². The Labute approximate surface area is 126 Å². The maximum Gasteiger partial charge on any atom is 0.245 e. The molecule has 6 nitrogen and oxygen atoms in total. The minimum atomic E-state index is 0.225. The Balaban J connectivity index is 1.52. The van der Waals surface area contributed by atoms with E-state index >= 15 is 0 Å². The van der Waals surface area contributed by atoms with Gasteiger partial charge in [-0.15, -0.1) is 0 Å². The fraction of sp³-hybridized carbons (Fsp3) is 0.867. The van der Waals surface area contributed by atoms with Crippen LogP contribution in [-0.4, -0.2) is 65.9 Å². The van der Waals surface area contributed by atoms with E-state index in [2.05, 4.69) is 33.9 Å². The summed E-state index contributed by atoms with van der Waals surface area (Å²) >= 11 is 0. The quantitative estimate of drug-likeness (QED) is 0.820. The number of rotatable bonds is 5. The molecule has 0 bridgehead atoms. The first-order chi connectivity index (χ1) is 10.2. The van der Waals surface area contributed by atoms with Crippen molar-refractivity contribution < 1.29 is 9.26 Å². The van der Waals surface area contributed by atoms with Crippen LogP contribution >= 0.6 is 0 Å². The molecule has 1 aliphatic carbocycles. The first-order valence-electron chi connectivity index (χ1n) is 8.00. The van der Waals surface area contributed by atoms with Crippen LogP contribution in [0.1, 0.15) is 37.5 Å². The van der Waals surface area contributed by atoms with E-state index in [1.54, 1.807) is 0 Å². The predicted molar refractivity (Wildman–Crippen MR) is 79.0 cm³/mol. The molecule has 0 radical (unpaired) electrons. The van der Waals surface area contributed by atoms with Crippen LogP contribution in [0.2, 0.25) is 0 Å². The summed E-state index contributed by atoms with van der Waals surface area (Å²) in [5, 5.41) is 3.92. The molecule has 2 heterocycles. The molecule has 1 aliphatic heterocycles. The Kier molecular flexibility index (Phi) is 4.57. The first-order valence-corrected chi connectivity index (χ1v) is 8.00. The number of aromatic nitrogens is 2. The maximum absolute atomic E-state index is 5.65. The SMILES string of the molecule is CCOC1CC(CN2CCN(C)C(c3nc(C)no3)C2)C1. The number of hydrogen-bond donors (Lipinski definition) is 0. The summed E-state index contributed by atoms with van der Waals surface area (Å²) in [4.78, 5) is 9.25. The molecule has 1 atom stereocenters. The lowest BCUT2D eigenvalue weighted by molar-refractivity contribution is -0.0405. The molecule has 2 fully saturated rings. The Bertz CT molecular complexity index is 458. The Morgan fingerprint density at radius 1 is 1.33 bits per heavy atom. The van der Waals surface area contributed by atoms with Crippen molar-refractivity contribution in [2.45, 2.75) is 38.8 Å². The molecular formula is C15H26N4O2. The number of nitrogens with zero attached hydrogens (tertiary/aromatic N) is 4. The topological polar surface area (TPSA) is 54.6 Å². The summed E-state index contributed by atoms with van der Waals surface area (Å²) in [6, 6.07) is 0.225. The Morgan fingerprint density at radius 3 is 2.81 bits per heavy atom. The largest absolute Gasteiger partial charge is 0.378 e. The van der Waals surface area contributed by atoms with Crippen molar-refractivity contribution >= 4 is 0 Å². The van der Waals surface area contributed by atoms with E-state index in [1.807, 2.05) is 6.92 Å². The average Bonchev–Trinajstić information content (AvgIpc) is 2.85. The summed E-state index contributed by atoms with van der Waals surface area (Å²) < 4.78 is 11.0. The van der Waals surface area contributed by atoms with Gasteiger partial charge >= 0.3 is 0 Å². The van der Waals surface area contributed by atoms with Crippen LogP contribution < -0.4 is 0 Å². The third-order valence-corrected chi connectivity index (χ3v) is 4.67. The fourth-order valence-electron chi connectivity index (χ4n) is 3.37. The normalized spacial score (nSPS) is 31.3. The van der Waals surface area contributed by atoms with Gasteiger partial charge in [0.25, 0.3) is 0 Å². The number of piperazine rings is 1. The lowest BCUT2D eigenvalue weighted by Gasteiger charge is -2.42. The third-order valence-electron chi connectivity index (χ3n) is 4.67. The average molecular weight is 294 g/mol. The van der Waals surface area contributed by atoms with Gasteiger partial charge in [0.1, 0.15) is 6.04 Å². The molecule has 1 aromatic rings. The van der Waals surface area contributed by atoms with Crippen LogP contribution in [0, 0.1) is 12.8 Å². The van der Waals surface area contributed by atoms with Crippen LogP contribution in [0.4, 0.5) is 0 Å². The van der Waals surface area contributed by atoms with Gasteiger partial charge in [-0.05, 0) is 39.7 Å². The molecular weight excluding hydrogens is 268 g/mol. The maximum atomic E-state index is 5.65. The Morgan fingerprint density at radius 2 is 2.14 bits per heavy atom. The van der Waals surface area contributed by atoms with Crippen molar-refractivity contribution in [1.82, 2.24) is 19.9 Å². The summed E-state index contributed by atoms with van der Waals surface area (Å²) in [5.74, 6) is 2.25. The lowest BCUT2D eigenvalue weighted by Crippen LogP contribution is -2.50. The molecule has 3 rings (SSSR count). The predicted octanol–water partition coefficient (Wildman–Crippen LogP) is 1.48. The van der Waals surface area contributed by atoms with Gasteiger partial charge in [-0.2, -0.15) is 4.98 Å². The summed E-state index contributed by atoms with van der Waals surface area (Å²) in [7, 11) is 2.13. The van der Waals surface area contributed by atoms with Crippen molar-refractivity contribution in [3.63, 3.8) is 0 Å². The zero-order valence-electron chi connectivity index (χ0n) is 13.3. The monoisotopic (exact) mass is 294 g/mol. The van der Waals surface area contributed by atoms with Gasteiger partial charge in [0, 0.05) is 32.8 Å². The van der Waals surface area contributed by atoms with Gasteiger partial charge in [0.15, 0.2) is 5.82 Å². The van der Waals surface area contributed by atoms with E-state index in [4.69, 9.17) is 9.26 Å². The van der Waals surface area contributed by atoms with Crippen LogP contribution in [0.3, 0.4) is 0 Å². The van der Waals surface area contributed by atoms with E-state index in [0.717, 1.165) is 38.0 Å². The molecule has 1 unspecified atom stereocenters. The molecule has 0 N–H and O–H groups in total.